The lowest BCUT2D eigenvalue weighted by molar-refractivity contribution is 0.0769. The third-order valence-electron chi connectivity index (χ3n) is 2.21. The third kappa shape index (κ3) is 2.85. The summed E-state index contributed by atoms with van der Waals surface area (Å²) < 4.78 is 13.4. The second-order valence-corrected chi connectivity index (χ2v) is 3.62. The molecule has 0 aliphatic carbocycles. The molecule has 0 heterocycles. The molecule has 0 fully saturated rings. The first-order chi connectivity index (χ1) is 7.60. The van der Waals surface area contributed by atoms with Gasteiger partial charge in [-0.2, -0.15) is 0 Å². The minimum absolute atomic E-state index is 0.0511. The number of nitrogens with zero attached hydrogens (tertiary/aromatic N) is 1. The van der Waals surface area contributed by atoms with Gasteiger partial charge in [-0.05, 0) is 19.1 Å². The van der Waals surface area contributed by atoms with E-state index < -0.39 is 11.7 Å². The molecule has 0 bridgehead atoms. The van der Waals surface area contributed by atoms with Crippen LogP contribution in [-0.4, -0.2) is 34.9 Å². The minimum Gasteiger partial charge on any atom is -0.508 e. The number of amides is 1. The fourth-order valence-corrected chi connectivity index (χ4v) is 1.56. The number of alkyl halides is 1. The Morgan fingerprint density at radius 3 is 2.75 bits per heavy atom. The molecular formula is C11H13ClFNO2. The maximum absolute atomic E-state index is 13.4. The quantitative estimate of drug-likeness (QED) is 0.827. The molecule has 1 aromatic rings. The van der Waals surface area contributed by atoms with E-state index in [4.69, 9.17) is 16.7 Å². The maximum Gasteiger partial charge on any atom is 0.256 e. The van der Waals surface area contributed by atoms with Crippen LogP contribution in [0.3, 0.4) is 0 Å². The van der Waals surface area contributed by atoms with Gasteiger partial charge in [-0.25, -0.2) is 4.39 Å². The van der Waals surface area contributed by atoms with Gasteiger partial charge in [0.05, 0.1) is 5.56 Å². The van der Waals surface area contributed by atoms with Crippen LogP contribution in [0.1, 0.15) is 17.3 Å². The Kier molecular flexibility index (Phi) is 4.55. The van der Waals surface area contributed by atoms with Crippen molar-refractivity contribution in [1.29, 1.82) is 0 Å². The number of phenols is 1. The Hall–Kier alpha value is -1.29. The molecule has 0 unspecified atom stereocenters. The summed E-state index contributed by atoms with van der Waals surface area (Å²) in [5.41, 5.74) is -0.0511. The van der Waals surface area contributed by atoms with Crippen molar-refractivity contribution >= 4 is 17.5 Å². The van der Waals surface area contributed by atoms with E-state index in [2.05, 4.69) is 0 Å². The molecule has 1 N–H and O–H groups in total. The number of carbonyl (C=O) groups excluding carboxylic acids is 1. The van der Waals surface area contributed by atoms with Crippen LogP contribution in [0.15, 0.2) is 18.2 Å². The van der Waals surface area contributed by atoms with Gasteiger partial charge in [0, 0.05) is 25.0 Å². The van der Waals surface area contributed by atoms with Gasteiger partial charge in [0.2, 0.25) is 0 Å². The molecule has 1 rings (SSSR count). The molecule has 5 heteroatoms. The van der Waals surface area contributed by atoms with Crippen LogP contribution in [-0.2, 0) is 0 Å². The standard InChI is InChI=1S/C11H13ClFNO2/c1-2-14(6-5-12)11(16)9-4-3-8(15)7-10(9)13/h3-4,7,15H,2,5-6H2,1H3. The zero-order valence-corrected chi connectivity index (χ0v) is 9.67. The zero-order valence-electron chi connectivity index (χ0n) is 8.91. The highest BCUT2D eigenvalue weighted by molar-refractivity contribution is 6.18. The van der Waals surface area contributed by atoms with Gasteiger partial charge in [0.1, 0.15) is 11.6 Å². The zero-order chi connectivity index (χ0) is 12.1. The highest BCUT2D eigenvalue weighted by Crippen LogP contribution is 2.16. The predicted octanol–water partition coefficient (Wildman–Crippen LogP) is 2.23. The normalized spacial score (nSPS) is 10.2. The van der Waals surface area contributed by atoms with Gasteiger partial charge in [-0.3, -0.25) is 4.79 Å². The summed E-state index contributed by atoms with van der Waals surface area (Å²) in [6.07, 6.45) is 0. The van der Waals surface area contributed by atoms with Gasteiger partial charge in [-0.15, -0.1) is 11.6 Å². The van der Waals surface area contributed by atoms with E-state index in [1.807, 2.05) is 0 Å². The fraction of sp³-hybridized carbons (Fsp3) is 0.364. The van der Waals surface area contributed by atoms with E-state index in [1.54, 1.807) is 6.92 Å². The van der Waals surface area contributed by atoms with Crippen molar-refractivity contribution in [2.45, 2.75) is 6.92 Å². The Morgan fingerprint density at radius 1 is 1.56 bits per heavy atom. The van der Waals surface area contributed by atoms with Crippen LogP contribution < -0.4 is 0 Å². The molecular weight excluding hydrogens is 233 g/mol. The van der Waals surface area contributed by atoms with Crippen molar-refractivity contribution in [2.75, 3.05) is 19.0 Å². The molecule has 0 atom stereocenters. The molecule has 1 aromatic carbocycles. The highest BCUT2D eigenvalue weighted by Gasteiger charge is 2.17. The molecule has 0 radical (unpaired) electrons. The summed E-state index contributed by atoms with van der Waals surface area (Å²) in [6.45, 7) is 2.63. The third-order valence-corrected chi connectivity index (χ3v) is 2.38. The Morgan fingerprint density at radius 2 is 2.25 bits per heavy atom. The predicted molar refractivity (Wildman–Crippen MR) is 60.4 cm³/mol. The van der Waals surface area contributed by atoms with Crippen molar-refractivity contribution in [2.24, 2.45) is 0 Å². The smallest absolute Gasteiger partial charge is 0.256 e. The second kappa shape index (κ2) is 5.70. The van der Waals surface area contributed by atoms with Crippen LogP contribution in [0.25, 0.3) is 0 Å². The summed E-state index contributed by atoms with van der Waals surface area (Å²) in [5.74, 6) is -1.03. The number of halogens is 2. The highest BCUT2D eigenvalue weighted by atomic mass is 35.5. The summed E-state index contributed by atoms with van der Waals surface area (Å²) >= 11 is 5.54. The first-order valence-corrected chi connectivity index (χ1v) is 5.47. The van der Waals surface area contributed by atoms with Crippen molar-refractivity contribution < 1.29 is 14.3 Å². The lowest BCUT2D eigenvalue weighted by Gasteiger charge is -2.19. The van der Waals surface area contributed by atoms with Crippen LogP contribution >= 0.6 is 11.6 Å². The fourth-order valence-electron chi connectivity index (χ4n) is 1.35. The van der Waals surface area contributed by atoms with E-state index >= 15 is 0 Å². The molecule has 0 aromatic heterocycles. The van der Waals surface area contributed by atoms with E-state index in [0.29, 0.717) is 19.0 Å². The number of aromatic hydroxyl groups is 1. The minimum atomic E-state index is -0.724. The first-order valence-electron chi connectivity index (χ1n) is 4.94. The second-order valence-electron chi connectivity index (χ2n) is 3.24. The van der Waals surface area contributed by atoms with E-state index in [0.717, 1.165) is 6.07 Å². The van der Waals surface area contributed by atoms with Gasteiger partial charge in [0.15, 0.2) is 0 Å². The Balaban J connectivity index is 2.94. The molecule has 1 amide bonds. The summed E-state index contributed by atoms with van der Waals surface area (Å²) in [6, 6.07) is 3.47. The van der Waals surface area contributed by atoms with Gasteiger partial charge >= 0.3 is 0 Å². The van der Waals surface area contributed by atoms with E-state index in [-0.39, 0.29) is 11.3 Å². The van der Waals surface area contributed by atoms with E-state index in [9.17, 15) is 9.18 Å². The van der Waals surface area contributed by atoms with Gasteiger partial charge in [-0.1, -0.05) is 0 Å². The summed E-state index contributed by atoms with van der Waals surface area (Å²) in [5, 5.41) is 9.03. The van der Waals surface area contributed by atoms with E-state index in [1.165, 1.54) is 17.0 Å². The average Bonchev–Trinajstić information content (AvgIpc) is 2.25. The summed E-state index contributed by atoms with van der Waals surface area (Å²) in [4.78, 5) is 13.3. The van der Waals surface area contributed by atoms with Crippen LogP contribution in [0.4, 0.5) is 4.39 Å². The van der Waals surface area contributed by atoms with Crippen molar-refractivity contribution in [3.05, 3.63) is 29.6 Å². The Labute approximate surface area is 98.4 Å². The SMILES string of the molecule is CCN(CCCl)C(=O)c1ccc(O)cc1F. The van der Waals surface area contributed by atoms with Crippen LogP contribution in [0.5, 0.6) is 5.75 Å². The average molecular weight is 246 g/mol. The number of hydrogen-bond acceptors (Lipinski definition) is 2. The van der Waals surface area contributed by atoms with Crippen molar-refractivity contribution in [3.8, 4) is 5.75 Å². The molecule has 16 heavy (non-hydrogen) atoms. The number of phenolic OH excluding ortho intramolecular Hbond substituents is 1. The molecule has 0 saturated carbocycles. The van der Waals surface area contributed by atoms with Crippen molar-refractivity contribution in [3.63, 3.8) is 0 Å². The van der Waals surface area contributed by atoms with Crippen LogP contribution in [0, 0.1) is 5.82 Å². The van der Waals surface area contributed by atoms with Gasteiger partial charge < -0.3 is 10.0 Å². The molecule has 0 aliphatic rings. The largest absolute Gasteiger partial charge is 0.508 e. The van der Waals surface area contributed by atoms with Crippen LogP contribution in [0.2, 0.25) is 0 Å². The molecule has 0 aliphatic heterocycles. The molecule has 88 valence electrons. The first kappa shape index (κ1) is 12.8. The summed E-state index contributed by atoms with van der Waals surface area (Å²) in [7, 11) is 0. The molecule has 0 spiro atoms. The number of carbonyl (C=O) groups is 1. The van der Waals surface area contributed by atoms with Gasteiger partial charge in [0.25, 0.3) is 5.91 Å². The Bertz CT molecular complexity index is 384. The number of hydrogen-bond donors (Lipinski definition) is 1. The number of rotatable bonds is 4. The lowest BCUT2D eigenvalue weighted by Crippen LogP contribution is -2.33. The molecule has 0 saturated heterocycles. The maximum atomic E-state index is 13.4. The monoisotopic (exact) mass is 245 g/mol. The topological polar surface area (TPSA) is 40.5 Å². The molecule has 3 nitrogen and oxygen atoms in total. The van der Waals surface area contributed by atoms with Crippen molar-refractivity contribution in [1.82, 2.24) is 4.90 Å². The number of benzene rings is 1. The lowest BCUT2D eigenvalue weighted by atomic mass is 10.1.